The molecule has 1 saturated heterocycles. The van der Waals surface area contributed by atoms with Gasteiger partial charge in [0.2, 0.25) is 0 Å². The van der Waals surface area contributed by atoms with Crippen molar-refractivity contribution in [1.29, 1.82) is 0 Å². The second kappa shape index (κ2) is 5.58. The van der Waals surface area contributed by atoms with Gasteiger partial charge in [-0.05, 0) is 19.8 Å². The van der Waals surface area contributed by atoms with Crippen LogP contribution in [-0.2, 0) is 6.54 Å². The summed E-state index contributed by atoms with van der Waals surface area (Å²) in [6.07, 6.45) is 4.81. The molecule has 0 spiro atoms. The second-order valence-corrected chi connectivity index (χ2v) is 6.14. The highest BCUT2D eigenvalue weighted by Gasteiger charge is 2.22. The predicted octanol–water partition coefficient (Wildman–Crippen LogP) is 2.01. The molecule has 8 heteroatoms. The summed E-state index contributed by atoms with van der Waals surface area (Å²) in [7, 11) is 0. The molecule has 23 heavy (non-hydrogen) atoms. The summed E-state index contributed by atoms with van der Waals surface area (Å²) < 4.78 is 1.84. The van der Waals surface area contributed by atoms with Crippen molar-refractivity contribution in [1.82, 2.24) is 25.0 Å². The molecule has 1 N–H and O–H groups in total. The van der Waals surface area contributed by atoms with Crippen LogP contribution >= 0.6 is 11.6 Å². The molecule has 0 unspecified atom stereocenters. The Labute approximate surface area is 137 Å². The number of nitrogens with zero attached hydrogens (tertiary/aromatic N) is 6. The van der Waals surface area contributed by atoms with Gasteiger partial charge in [0.25, 0.3) is 0 Å². The molecule has 0 aliphatic carbocycles. The highest BCUT2D eigenvalue weighted by Crippen LogP contribution is 2.34. The van der Waals surface area contributed by atoms with E-state index < -0.39 is 0 Å². The number of hydrogen-bond acceptors (Lipinski definition) is 6. The molecule has 4 heterocycles. The second-order valence-electron chi connectivity index (χ2n) is 5.78. The first-order chi connectivity index (χ1) is 11.2. The Morgan fingerprint density at radius 3 is 2.74 bits per heavy atom. The zero-order valence-corrected chi connectivity index (χ0v) is 13.5. The van der Waals surface area contributed by atoms with Crippen molar-refractivity contribution in [3.63, 3.8) is 0 Å². The Hall–Kier alpha value is -1.99. The largest absolute Gasteiger partial charge is 0.393 e. The Morgan fingerprint density at radius 2 is 2.00 bits per heavy atom. The Morgan fingerprint density at radius 1 is 1.22 bits per heavy atom. The number of rotatable bonds is 2. The molecule has 1 aliphatic heterocycles. The van der Waals surface area contributed by atoms with Crippen molar-refractivity contribution >= 4 is 39.2 Å². The van der Waals surface area contributed by atoms with E-state index in [-0.39, 0.29) is 6.10 Å². The van der Waals surface area contributed by atoms with Gasteiger partial charge in [-0.3, -0.25) is 0 Å². The molecule has 1 aliphatic rings. The fourth-order valence-electron chi connectivity index (χ4n) is 3.16. The molecule has 0 aromatic carbocycles. The van der Waals surface area contributed by atoms with E-state index in [1.165, 1.54) is 0 Å². The molecule has 3 aromatic rings. The van der Waals surface area contributed by atoms with E-state index >= 15 is 0 Å². The third-order valence-corrected chi connectivity index (χ3v) is 4.67. The minimum Gasteiger partial charge on any atom is -0.393 e. The maximum absolute atomic E-state index is 9.70. The first kappa shape index (κ1) is 14.6. The van der Waals surface area contributed by atoms with Crippen molar-refractivity contribution < 1.29 is 5.11 Å². The standard InChI is InChI=1S/C15H17ClN6O/c1-2-22-14-11(8-18-22)12-10(7-17-14)15(20-19-13(12)16)21-5-3-9(23)4-6-21/h7-9,23H,2-6H2,1H3. The Balaban J connectivity index is 1.92. The van der Waals surface area contributed by atoms with Gasteiger partial charge in [-0.25, -0.2) is 9.67 Å². The maximum atomic E-state index is 9.70. The summed E-state index contributed by atoms with van der Waals surface area (Å²) in [6.45, 7) is 4.27. The van der Waals surface area contributed by atoms with Crippen LogP contribution in [0.1, 0.15) is 19.8 Å². The van der Waals surface area contributed by atoms with Gasteiger partial charge in [0.15, 0.2) is 16.6 Å². The van der Waals surface area contributed by atoms with Crippen molar-refractivity contribution in [2.24, 2.45) is 0 Å². The SMILES string of the molecule is CCn1ncc2c3c(Cl)nnc(N4CCC(O)CC4)c3cnc21. The molecule has 1 fully saturated rings. The van der Waals surface area contributed by atoms with Crippen LogP contribution in [-0.4, -0.2) is 49.3 Å². The number of fused-ring (bicyclic) bond motifs is 3. The zero-order valence-electron chi connectivity index (χ0n) is 12.8. The van der Waals surface area contributed by atoms with Gasteiger partial charge in [0, 0.05) is 36.6 Å². The van der Waals surface area contributed by atoms with Gasteiger partial charge < -0.3 is 10.0 Å². The van der Waals surface area contributed by atoms with Gasteiger partial charge in [0.1, 0.15) is 0 Å². The molecule has 0 saturated carbocycles. The highest BCUT2D eigenvalue weighted by atomic mass is 35.5. The predicted molar refractivity (Wildman–Crippen MR) is 88.8 cm³/mol. The lowest BCUT2D eigenvalue weighted by molar-refractivity contribution is 0.145. The molecule has 0 radical (unpaired) electrons. The summed E-state index contributed by atoms with van der Waals surface area (Å²) in [4.78, 5) is 6.68. The Bertz CT molecular complexity index is 871. The summed E-state index contributed by atoms with van der Waals surface area (Å²) >= 11 is 6.33. The van der Waals surface area contributed by atoms with Gasteiger partial charge >= 0.3 is 0 Å². The summed E-state index contributed by atoms with van der Waals surface area (Å²) in [5, 5.41) is 25.4. The maximum Gasteiger partial charge on any atom is 0.160 e. The molecule has 0 atom stereocenters. The molecular weight excluding hydrogens is 316 g/mol. The first-order valence-electron chi connectivity index (χ1n) is 7.78. The lowest BCUT2D eigenvalue weighted by Crippen LogP contribution is -2.36. The van der Waals surface area contributed by atoms with E-state index in [9.17, 15) is 5.11 Å². The number of aliphatic hydroxyl groups is 1. The Kier molecular flexibility index (Phi) is 3.54. The number of aliphatic hydroxyl groups excluding tert-OH is 1. The lowest BCUT2D eigenvalue weighted by Gasteiger charge is -2.30. The molecular formula is C15H17ClN6O. The first-order valence-corrected chi connectivity index (χ1v) is 8.16. The number of aromatic nitrogens is 5. The van der Waals surface area contributed by atoms with Crippen LogP contribution in [0.4, 0.5) is 5.82 Å². The fraction of sp³-hybridized carbons (Fsp3) is 0.467. The van der Waals surface area contributed by atoms with E-state index in [0.717, 1.165) is 60.1 Å². The van der Waals surface area contributed by atoms with Crippen LogP contribution in [0.2, 0.25) is 5.15 Å². The van der Waals surface area contributed by atoms with E-state index in [4.69, 9.17) is 11.6 Å². The average Bonchev–Trinajstić information content (AvgIpc) is 2.99. The van der Waals surface area contributed by atoms with Crippen molar-refractivity contribution in [2.75, 3.05) is 18.0 Å². The number of halogens is 1. The minimum absolute atomic E-state index is 0.231. The van der Waals surface area contributed by atoms with E-state index in [1.54, 1.807) is 12.4 Å². The molecule has 4 rings (SSSR count). The third kappa shape index (κ3) is 2.31. The number of anilines is 1. The van der Waals surface area contributed by atoms with Crippen LogP contribution in [0.25, 0.3) is 21.8 Å². The normalized spacial score (nSPS) is 16.6. The molecule has 0 amide bonds. The van der Waals surface area contributed by atoms with Crippen molar-refractivity contribution in [3.05, 3.63) is 17.5 Å². The fourth-order valence-corrected chi connectivity index (χ4v) is 3.40. The lowest BCUT2D eigenvalue weighted by atomic mass is 10.1. The smallest absolute Gasteiger partial charge is 0.160 e. The molecule has 3 aromatic heterocycles. The summed E-state index contributed by atoms with van der Waals surface area (Å²) in [5.41, 5.74) is 0.801. The third-order valence-electron chi connectivity index (χ3n) is 4.41. The number of hydrogen-bond donors (Lipinski definition) is 1. The average molecular weight is 333 g/mol. The van der Waals surface area contributed by atoms with E-state index in [1.807, 2.05) is 11.6 Å². The topological polar surface area (TPSA) is 80.0 Å². The van der Waals surface area contributed by atoms with Gasteiger partial charge in [-0.15, -0.1) is 10.2 Å². The van der Waals surface area contributed by atoms with E-state index in [2.05, 4.69) is 25.2 Å². The number of aryl methyl sites for hydroxylation is 1. The van der Waals surface area contributed by atoms with Gasteiger partial charge in [-0.2, -0.15) is 5.10 Å². The summed E-state index contributed by atoms with van der Waals surface area (Å²) in [5.74, 6) is 0.773. The van der Waals surface area contributed by atoms with Crippen molar-refractivity contribution in [2.45, 2.75) is 32.4 Å². The van der Waals surface area contributed by atoms with Gasteiger partial charge in [-0.1, -0.05) is 11.6 Å². The van der Waals surface area contributed by atoms with Crippen LogP contribution in [0.5, 0.6) is 0 Å². The van der Waals surface area contributed by atoms with Crippen LogP contribution in [0.15, 0.2) is 12.4 Å². The zero-order chi connectivity index (χ0) is 16.0. The van der Waals surface area contributed by atoms with Crippen LogP contribution < -0.4 is 4.90 Å². The van der Waals surface area contributed by atoms with Crippen molar-refractivity contribution in [3.8, 4) is 0 Å². The highest BCUT2D eigenvalue weighted by molar-refractivity contribution is 6.36. The monoisotopic (exact) mass is 332 g/mol. The number of piperidine rings is 1. The summed E-state index contributed by atoms with van der Waals surface area (Å²) in [6, 6.07) is 0. The molecule has 0 bridgehead atoms. The van der Waals surface area contributed by atoms with Crippen LogP contribution in [0.3, 0.4) is 0 Å². The van der Waals surface area contributed by atoms with E-state index in [0.29, 0.717) is 5.15 Å². The number of pyridine rings is 1. The van der Waals surface area contributed by atoms with Gasteiger partial charge in [0.05, 0.1) is 17.7 Å². The molecule has 7 nitrogen and oxygen atoms in total. The van der Waals surface area contributed by atoms with Crippen LogP contribution in [0, 0.1) is 0 Å². The minimum atomic E-state index is -0.231. The quantitative estimate of drug-likeness (QED) is 0.773. The molecule has 120 valence electrons.